The normalized spacial score (nSPS) is 9.84. The smallest absolute Gasteiger partial charge is 0.276 e. The maximum absolute atomic E-state index is 11.6. The minimum absolute atomic E-state index is 0.00250. The molecule has 1 rings (SSSR count). The molecule has 0 bridgehead atoms. The highest BCUT2D eigenvalue weighted by Gasteiger charge is 2.12. The summed E-state index contributed by atoms with van der Waals surface area (Å²) >= 11 is 0. The Kier molecular flexibility index (Phi) is 5.01. The maximum atomic E-state index is 11.6. The molecule has 0 fully saturated rings. The van der Waals surface area contributed by atoms with Crippen molar-refractivity contribution in [2.45, 2.75) is 6.92 Å². The van der Waals surface area contributed by atoms with Crippen LogP contribution in [0, 0.1) is 10.1 Å². The second-order valence-electron chi connectivity index (χ2n) is 3.76. The second kappa shape index (κ2) is 6.50. The van der Waals surface area contributed by atoms with Gasteiger partial charge in [0.05, 0.1) is 23.6 Å². The molecule has 1 aromatic heterocycles. The number of hydrogen-bond donors (Lipinski definition) is 3. The van der Waals surface area contributed by atoms with Crippen molar-refractivity contribution >= 4 is 23.2 Å². The van der Waals surface area contributed by atoms with Crippen LogP contribution in [-0.4, -0.2) is 40.9 Å². The Labute approximate surface area is 109 Å². The minimum Gasteiger partial charge on any atom is -0.361 e. The number of carbonyl (C=O) groups is 1. The highest BCUT2D eigenvalue weighted by atomic mass is 16.6. The summed E-state index contributed by atoms with van der Waals surface area (Å²) in [7, 11) is 1.66. The number of rotatable bonds is 6. The van der Waals surface area contributed by atoms with E-state index in [2.05, 4.69) is 15.7 Å². The molecule has 0 aliphatic heterocycles. The summed E-state index contributed by atoms with van der Waals surface area (Å²) in [6.45, 7) is 2.43. The van der Waals surface area contributed by atoms with Crippen molar-refractivity contribution in [1.82, 2.24) is 9.88 Å². The Morgan fingerprint density at radius 1 is 1.53 bits per heavy atom. The molecule has 0 aliphatic rings. The van der Waals surface area contributed by atoms with Gasteiger partial charge in [0.25, 0.3) is 5.69 Å². The third-order valence-corrected chi connectivity index (χ3v) is 2.49. The lowest BCUT2D eigenvalue weighted by atomic mass is 10.3. The minimum atomic E-state index is -0.562. The van der Waals surface area contributed by atoms with Crippen LogP contribution in [0.15, 0.2) is 12.1 Å². The highest BCUT2D eigenvalue weighted by molar-refractivity contribution is 5.80. The largest absolute Gasteiger partial charge is 0.361 e. The number of hydrazine groups is 1. The monoisotopic (exact) mass is 268 g/mol. The molecule has 0 aliphatic carbocycles. The molecule has 0 saturated heterocycles. The van der Waals surface area contributed by atoms with Gasteiger partial charge in [-0.15, -0.1) is 0 Å². The molecule has 0 atom stereocenters. The number of nitro groups is 1. The van der Waals surface area contributed by atoms with Crippen LogP contribution in [0.3, 0.4) is 0 Å². The van der Waals surface area contributed by atoms with E-state index in [4.69, 9.17) is 5.84 Å². The van der Waals surface area contributed by atoms with Crippen molar-refractivity contribution in [3.63, 3.8) is 0 Å². The Bertz CT molecular complexity index is 478. The van der Waals surface area contributed by atoms with Gasteiger partial charge in [-0.3, -0.25) is 14.9 Å². The highest BCUT2D eigenvalue weighted by Crippen LogP contribution is 2.19. The van der Waals surface area contributed by atoms with Crippen LogP contribution in [0.25, 0.3) is 0 Å². The predicted molar refractivity (Wildman–Crippen MR) is 70.5 cm³/mol. The molecule has 19 heavy (non-hydrogen) atoms. The quantitative estimate of drug-likeness (QED) is 0.381. The number of nitrogens with two attached hydrogens (primary N) is 1. The number of hydrogen-bond acceptors (Lipinski definition) is 7. The summed E-state index contributed by atoms with van der Waals surface area (Å²) in [6, 6.07) is 2.44. The van der Waals surface area contributed by atoms with Crippen molar-refractivity contribution in [2.24, 2.45) is 5.84 Å². The SMILES string of the molecule is CCN(C)C(=O)CNc1cc([N+](=O)[O-])cc(NN)n1. The molecule has 0 unspecified atom stereocenters. The number of nitrogens with one attached hydrogen (secondary N) is 2. The van der Waals surface area contributed by atoms with Gasteiger partial charge in [0.2, 0.25) is 5.91 Å². The van der Waals surface area contributed by atoms with Gasteiger partial charge in [0.15, 0.2) is 0 Å². The molecule has 104 valence electrons. The lowest BCUT2D eigenvalue weighted by Crippen LogP contribution is -2.32. The summed E-state index contributed by atoms with van der Waals surface area (Å²) in [4.78, 5) is 27.2. The van der Waals surface area contributed by atoms with E-state index in [0.717, 1.165) is 0 Å². The summed E-state index contributed by atoms with van der Waals surface area (Å²) < 4.78 is 0. The van der Waals surface area contributed by atoms with Crippen LogP contribution >= 0.6 is 0 Å². The summed E-state index contributed by atoms with van der Waals surface area (Å²) in [5.41, 5.74) is 2.07. The molecule has 0 saturated carbocycles. The third-order valence-electron chi connectivity index (χ3n) is 2.49. The Balaban J connectivity index is 2.80. The number of aromatic nitrogens is 1. The van der Waals surface area contributed by atoms with Gasteiger partial charge >= 0.3 is 0 Å². The van der Waals surface area contributed by atoms with Gasteiger partial charge in [0, 0.05) is 13.6 Å². The van der Waals surface area contributed by atoms with E-state index in [0.29, 0.717) is 6.54 Å². The first-order chi connectivity index (χ1) is 8.97. The van der Waals surface area contributed by atoms with E-state index in [-0.39, 0.29) is 29.8 Å². The van der Waals surface area contributed by atoms with Gasteiger partial charge in [-0.2, -0.15) is 0 Å². The fraction of sp³-hybridized carbons (Fsp3) is 0.400. The average molecular weight is 268 g/mol. The van der Waals surface area contributed by atoms with Crippen molar-refractivity contribution in [3.05, 3.63) is 22.2 Å². The van der Waals surface area contributed by atoms with Gasteiger partial charge in [0.1, 0.15) is 11.6 Å². The van der Waals surface area contributed by atoms with Gasteiger partial charge < -0.3 is 15.6 Å². The van der Waals surface area contributed by atoms with Gasteiger partial charge in [-0.05, 0) is 6.92 Å². The van der Waals surface area contributed by atoms with E-state index in [1.54, 1.807) is 7.05 Å². The third kappa shape index (κ3) is 4.07. The van der Waals surface area contributed by atoms with Crippen LogP contribution < -0.4 is 16.6 Å². The van der Waals surface area contributed by atoms with Crippen molar-refractivity contribution in [3.8, 4) is 0 Å². The van der Waals surface area contributed by atoms with E-state index in [9.17, 15) is 14.9 Å². The fourth-order valence-electron chi connectivity index (χ4n) is 1.26. The zero-order chi connectivity index (χ0) is 14.4. The lowest BCUT2D eigenvalue weighted by molar-refractivity contribution is -0.384. The van der Waals surface area contributed by atoms with Gasteiger partial charge in [-0.25, -0.2) is 10.8 Å². The zero-order valence-electron chi connectivity index (χ0n) is 10.7. The van der Waals surface area contributed by atoms with Crippen molar-refractivity contribution in [1.29, 1.82) is 0 Å². The molecule has 1 aromatic rings. The molecule has 1 amide bonds. The van der Waals surface area contributed by atoms with E-state index in [1.807, 2.05) is 6.92 Å². The standard InChI is InChI=1S/C10H16N6O3/c1-3-15(2)10(17)6-12-8-4-7(16(18)19)5-9(13-8)14-11/h4-5H,3,6,11H2,1-2H3,(H2,12,13,14). The van der Waals surface area contributed by atoms with Crippen LogP contribution in [0.4, 0.5) is 17.3 Å². The number of pyridine rings is 1. The van der Waals surface area contributed by atoms with Crippen LogP contribution in [0.5, 0.6) is 0 Å². The molecule has 1 heterocycles. The molecular weight excluding hydrogens is 252 g/mol. The Morgan fingerprint density at radius 3 is 2.68 bits per heavy atom. The van der Waals surface area contributed by atoms with E-state index < -0.39 is 4.92 Å². The maximum Gasteiger partial charge on any atom is 0.276 e. The van der Waals surface area contributed by atoms with Crippen LogP contribution in [0.1, 0.15) is 6.92 Å². The predicted octanol–water partition coefficient (Wildman–Crippen LogP) is 0.166. The summed E-state index contributed by atoms with van der Waals surface area (Å²) in [5, 5.41) is 13.4. The Hall–Kier alpha value is -2.42. The number of carbonyl (C=O) groups excluding carboxylic acids is 1. The average Bonchev–Trinajstić information content (AvgIpc) is 2.43. The number of likely N-dealkylation sites (N-methyl/N-ethyl adjacent to an activating group) is 1. The van der Waals surface area contributed by atoms with Crippen LogP contribution in [0.2, 0.25) is 0 Å². The zero-order valence-corrected chi connectivity index (χ0v) is 10.7. The number of anilines is 2. The number of amides is 1. The molecule has 0 aromatic carbocycles. The Morgan fingerprint density at radius 2 is 2.16 bits per heavy atom. The first-order valence-corrected chi connectivity index (χ1v) is 5.58. The van der Waals surface area contributed by atoms with Crippen molar-refractivity contribution < 1.29 is 9.72 Å². The van der Waals surface area contributed by atoms with Crippen LogP contribution in [-0.2, 0) is 4.79 Å². The number of nitrogen functional groups attached to an aromatic ring is 1. The van der Waals surface area contributed by atoms with E-state index >= 15 is 0 Å². The molecule has 0 radical (unpaired) electrons. The molecular formula is C10H16N6O3. The summed E-state index contributed by atoms with van der Waals surface area (Å²) in [5.74, 6) is 5.39. The first-order valence-electron chi connectivity index (χ1n) is 5.58. The topological polar surface area (TPSA) is 126 Å². The molecule has 9 heteroatoms. The van der Waals surface area contributed by atoms with Gasteiger partial charge in [-0.1, -0.05) is 0 Å². The summed E-state index contributed by atoms with van der Waals surface area (Å²) in [6.07, 6.45) is 0. The molecule has 0 spiro atoms. The lowest BCUT2D eigenvalue weighted by Gasteiger charge is -2.15. The molecule has 9 nitrogen and oxygen atoms in total. The van der Waals surface area contributed by atoms with E-state index in [1.165, 1.54) is 17.0 Å². The molecule has 4 N–H and O–H groups in total. The first kappa shape index (κ1) is 14.6. The number of nitrogens with zero attached hydrogens (tertiary/aromatic N) is 3. The van der Waals surface area contributed by atoms with Crippen molar-refractivity contribution in [2.75, 3.05) is 30.9 Å². The fourth-order valence-corrected chi connectivity index (χ4v) is 1.26. The second-order valence-corrected chi connectivity index (χ2v) is 3.76.